The Morgan fingerprint density at radius 1 is 1.50 bits per heavy atom. The molecule has 0 aliphatic heterocycles. The Hall–Kier alpha value is -1.62. The number of carbonyl (C=O) groups is 1. The number of aromatic nitrogens is 1. The van der Waals surface area contributed by atoms with Gasteiger partial charge in [0, 0.05) is 13.6 Å². The van der Waals surface area contributed by atoms with Gasteiger partial charge in [0.2, 0.25) is 5.91 Å². The van der Waals surface area contributed by atoms with Crippen LogP contribution in [0, 0.1) is 6.92 Å². The molecule has 0 spiro atoms. The molecule has 18 heavy (non-hydrogen) atoms. The van der Waals surface area contributed by atoms with Crippen molar-refractivity contribution in [3.05, 3.63) is 23.8 Å². The lowest BCUT2D eigenvalue weighted by atomic mass is 10.2. The smallest absolute Gasteiger partial charge is 0.241 e. The molecule has 2 aromatic rings. The maximum absolute atomic E-state index is 11.7. The van der Waals surface area contributed by atoms with Crippen molar-refractivity contribution in [2.75, 3.05) is 25.5 Å². The summed E-state index contributed by atoms with van der Waals surface area (Å²) in [5.41, 5.74) is 2.20. The molecule has 2 rings (SSSR count). The number of benzene rings is 1. The maximum atomic E-state index is 11.7. The van der Waals surface area contributed by atoms with Crippen molar-refractivity contribution in [3.63, 3.8) is 0 Å². The minimum atomic E-state index is 0.0768. The van der Waals surface area contributed by atoms with Crippen LogP contribution in [0.15, 0.2) is 18.2 Å². The van der Waals surface area contributed by atoms with Crippen molar-refractivity contribution in [2.45, 2.75) is 13.8 Å². The van der Waals surface area contributed by atoms with Crippen LogP contribution in [0.25, 0.3) is 10.2 Å². The van der Waals surface area contributed by atoms with Crippen LogP contribution in [-0.4, -0.2) is 35.9 Å². The first kappa shape index (κ1) is 12.8. The fraction of sp³-hybridized carbons (Fsp3) is 0.385. The zero-order valence-electron chi connectivity index (χ0n) is 10.9. The average Bonchev–Trinajstić information content (AvgIpc) is 2.76. The third kappa shape index (κ3) is 2.79. The number of aryl methyl sites for hydroxylation is 1. The van der Waals surface area contributed by atoms with E-state index in [1.807, 2.05) is 19.1 Å². The zero-order chi connectivity index (χ0) is 13.1. The number of nitrogens with zero attached hydrogens (tertiary/aromatic N) is 2. The van der Waals surface area contributed by atoms with Crippen LogP contribution in [0.4, 0.5) is 5.13 Å². The number of anilines is 1. The van der Waals surface area contributed by atoms with E-state index in [0.29, 0.717) is 6.54 Å². The SMILES string of the molecule is CCN(C)C(=O)CNc1nc2ccc(C)cc2s1. The first-order valence-corrected chi connectivity index (χ1v) is 6.77. The van der Waals surface area contributed by atoms with Crippen molar-refractivity contribution in [1.29, 1.82) is 0 Å². The molecule has 1 heterocycles. The first-order chi connectivity index (χ1) is 8.60. The molecule has 96 valence electrons. The number of likely N-dealkylation sites (N-methyl/N-ethyl adjacent to an activating group) is 1. The van der Waals surface area contributed by atoms with Crippen molar-refractivity contribution in [2.24, 2.45) is 0 Å². The normalized spacial score (nSPS) is 10.6. The molecule has 4 nitrogen and oxygen atoms in total. The Bertz CT molecular complexity index is 564. The molecule has 1 amide bonds. The average molecular weight is 263 g/mol. The predicted molar refractivity (Wildman–Crippen MR) is 76.2 cm³/mol. The molecule has 1 aromatic heterocycles. The minimum absolute atomic E-state index is 0.0768. The monoisotopic (exact) mass is 263 g/mol. The second-order valence-electron chi connectivity index (χ2n) is 4.25. The van der Waals surface area contributed by atoms with Gasteiger partial charge in [-0.1, -0.05) is 17.4 Å². The number of hydrogen-bond acceptors (Lipinski definition) is 4. The Kier molecular flexibility index (Phi) is 3.81. The highest BCUT2D eigenvalue weighted by Crippen LogP contribution is 2.26. The van der Waals surface area contributed by atoms with E-state index < -0.39 is 0 Å². The standard InChI is InChI=1S/C13H17N3OS/c1-4-16(3)12(17)8-14-13-15-10-6-5-9(2)7-11(10)18-13/h5-7H,4,8H2,1-3H3,(H,14,15). The van der Waals surface area contributed by atoms with Gasteiger partial charge in [-0.25, -0.2) is 4.98 Å². The summed E-state index contributed by atoms with van der Waals surface area (Å²) >= 11 is 1.58. The molecule has 0 aliphatic rings. The van der Waals surface area contributed by atoms with Gasteiger partial charge in [0.15, 0.2) is 5.13 Å². The van der Waals surface area contributed by atoms with Gasteiger partial charge >= 0.3 is 0 Å². The van der Waals surface area contributed by atoms with Crippen LogP contribution < -0.4 is 5.32 Å². The fourth-order valence-electron chi connectivity index (χ4n) is 1.57. The number of nitrogens with one attached hydrogen (secondary N) is 1. The van der Waals surface area contributed by atoms with Crippen LogP contribution in [-0.2, 0) is 4.79 Å². The van der Waals surface area contributed by atoms with Crippen LogP contribution >= 0.6 is 11.3 Å². The highest BCUT2D eigenvalue weighted by Gasteiger charge is 2.08. The van der Waals surface area contributed by atoms with E-state index >= 15 is 0 Å². The molecule has 1 aromatic carbocycles. The van der Waals surface area contributed by atoms with E-state index in [1.165, 1.54) is 5.56 Å². The van der Waals surface area contributed by atoms with Gasteiger partial charge in [-0.05, 0) is 31.5 Å². The van der Waals surface area contributed by atoms with Crippen molar-refractivity contribution in [3.8, 4) is 0 Å². The van der Waals surface area contributed by atoms with Crippen molar-refractivity contribution in [1.82, 2.24) is 9.88 Å². The molecule has 0 fully saturated rings. The number of rotatable bonds is 4. The number of fused-ring (bicyclic) bond motifs is 1. The second-order valence-corrected chi connectivity index (χ2v) is 5.28. The van der Waals surface area contributed by atoms with Crippen molar-refractivity contribution < 1.29 is 4.79 Å². The Morgan fingerprint density at radius 3 is 3.00 bits per heavy atom. The third-order valence-electron chi connectivity index (χ3n) is 2.83. The molecule has 5 heteroatoms. The highest BCUT2D eigenvalue weighted by molar-refractivity contribution is 7.22. The molecule has 0 unspecified atom stereocenters. The topological polar surface area (TPSA) is 45.2 Å². The quantitative estimate of drug-likeness (QED) is 0.921. The van der Waals surface area contributed by atoms with E-state index in [-0.39, 0.29) is 5.91 Å². The summed E-state index contributed by atoms with van der Waals surface area (Å²) in [7, 11) is 1.80. The molecule has 0 atom stereocenters. The molecular formula is C13H17N3OS. The minimum Gasteiger partial charge on any atom is -0.352 e. The van der Waals surface area contributed by atoms with Gasteiger partial charge in [0.1, 0.15) is 0 Å². The lowest BCUT2D eigenvalue weighted by molar-refractivity contribution is -0.127. The number of carbonyl (C=O) groups excluding carboxylic acids is 1. The summed E-state index contributed by atoms with van der Waals surface area (Å²) in [5, 5.41) is 3.88. The Morgan fingerprint density at radius 2 is 2.28 bits per heavy atom. The lowest BCUT2D eigenvalue weighted by Crippen LogP contribution is -2.31. The lowest BCUT2D eigenvalue weighted by Gasteiger charge is -2.14. The van der Waals surface area contributed by atoms with Crippen LogP contribution in [0.2, 0.25) is 0 Å². The van der Waals surface area contributed by atoms with Gasteiger partial charge in [0.05, 0.1) is 16.8 Å². The van der Waals surface area contributed by atoms with Gasteiger partial charge in [0.25, 0.3) is 0 Å². The molecule has 0 saturated carbocycles. The van der Waals surface area contributed by atoms with Crippen LogP contribution in [0.3, 0.4) is 0 Å². The van der Waals surface area contributed by atoms with Gasteiger partial charge in [-0.3, -0.25) is 4.79 Å². The number of hydrogen-bond donors (Lipinski definition) is 1. The summed E-state index contributed by atoms with van der Waals surface area (Å²) in [4.78, 5) is 17.8. The second kappa shape index (κ2) is 5.35. The maximum Gasteiger partial charge on any atom is 0.241 e. The summed E-state index contributed by atoms with van der Waals surface area (Å²) in [5.74, 6) is 0.0768. The summed E-state index contributed by atoms with van der Waals surface area (Å²) in [6.07, 6.45) is 0. The zero-order valence-corrected chi connectivity index (χ0v) is 11.7. The van der Waals surface area contributed by atoms with Gasteiger partial charge < -0.3 is 10.2 Å². The van der Waals surface area contributed by atoms with Crippen molar-refractivity contribution >= 4 is 32.6 Å². The molecule has 1 N–H and O–H groups in total. The first-order valence-electron chi connectivity index (χ1n) is 5.95. The largest absolute Gasteiger partial charge is 0.352 e. The van der Waals surface area contributed by atoms with Crippen LogP contribution in [0.1, 0.15) is 12.5 Å². The van der Waals surface area contributed by atoms with E-state index in [0.717, 1.165) is 21.9 Å². The number of thiazole rings is 1. The van der Waals surface area contributed by atoms with E-state index in [9.17, 15) is 4.79 Å². The molecule has 0 aliphatic carbocycles. The summed E-state index contributed by atoms with van der Waals surface area (Å²) < 4.78 is 1.15. The predicted octanol–water partition coefficient (Wildman–Crippen LogP) is 2.49. The summed E-state index contributed by atoms with van der Waals surface area (Å²) in [6.45, 7) is 5.03. The fourth-order valence-corrected chi connectivity index (χ4v) is 2.53. The number of amides is 1. The van der Waals surface area contributed by atoms with Crippen LogP contribution in [0.5, 0.6) is 0 Å². The molecule has 0 radical (unpaired) electrons. The van der Waals surface area contributed by atoms with Gasteiger partial charge in [-0.15, -0.1) is 0 Å². The third-order valence-corrected chi connectivity index (χ3v) is 3.81. The summed E-state index contributed by atoms with van der Waals surface area (Å²) in [6, 6.07) is 6.16. The molecular weight excluding hydrogens is 246 g/mol. The van der Waals surface area contributed by atoms with E-state index in [1.54, 1.807) is 23.3 Å². The van der Waals surface area contributed by atoms with E-state index in [4.69, 9.17) is 0 Å². The van der Waals surface area contributed by atoms with Gasteiger partial charge in [-0.2, -0.15) is 0 Å². The Labute approximate surface area is 111 Å². The highest BCUT2D eigenvalue weighted by atomic mass is 32.1. The molecule has 0 bridgehead atoms. The van der Waals surface area contributed by atoms with E-state index in [2.05, 4.69) is 23.3 Å². The Balaban J connectivity index is 2.06. The molecule has 0 saturated heterocycles.